The first kappa shape index (κ1) is 10.4. The third-order valence-corrected chi connectivity index (χ3v) is 3.03. The summed E-state index contributed by atoms with van der Waals surface area (Å²) < 4.78 is 35.9. The Hall–Kier alpha value is -1.17. The predicted molar refractivity (Wildman–Crippen MR) is 55.7 cm³/mol. The van der Waals surface area contributed by atoms with E-state index in [4.69, 9.17) is 9.29 Å². The van der Waals surface area contributed by atoms with Crippen LogP contribution in [0.25, 0.3) is 6.08 Å². The van der Waals surface area contributed by atoms with Crippen LogP contribution in [0.2, 0.25) is 0 Å². The molecule has 1 fully saturated rings. The molecular weight excluding hydrogens is 216 g/mol. The molecule has 80 valence electrons. The fourth-order valence-corrected chi connectivity index (χ4v) is 2.01. The van der Waals surface area contributed by atoms with Crippen LogP contribution in [0.3, 0.4) is 0 Å². The lowest BCUT2D eigenvalue weighted by Gasteiger charge is -1.99. The predicted octanol–water partition coefficient (Wildman–Crippen LogP) is 1.31. The minimum atomic E-state index is -4.16. The summed E-state index contributed by atoms with van der Waals surface area (Å²) in [5.41, 5.74) is 0.723. The number of epoxide rings is 1. The fourth-order valence-electron chi connectivity index (χ4n) is 1.26. The quantitative estimate of drug-likeness (QED) is 0.623. The number of rotatable bonds is 3. The molecule has 0 spiro atoms. The third-order valence-electron chi connectivity index (χ3n) is 2.06. The highest BCUT2D eigenvalue weighted by Crippen LogP contribution is 2.25. The molecule has 2 rings (SSSR count). The summed E-state index contributed by atoms with van der Waals surface area (Å²) in [7, 11) is -4.16. The van der Waals surface area contributed by atoms with E-state index in [-0.39, 0.29) is 4.91 Å². The van der Waals surface area contributed by atoms with Crippen molar-refractivity contribution in [3.05, 3.63) is 40.8 Å². The highest BCUT2D eigenvalue weighted by molar-refractivity contribution is 7.90. The maximum absolute atomic E-state index is 11.0. The van der Waals surface area contributed by atoms with E-state index < -0.39 is 16.2 Å². The molecule has 1 N–H and O–H groups in total. The van der Waals surface area contributed by atoms with Gasteiger partial charge in [0.05, 0.1) is 6.61 Å². The van der Waals surface area contributed by atoms with Gasteiger partial charge in [0, 0.05) is 0 Å². The molecule has 1 aliphatic heterocycles. The van der Waals surface area contributed by atoms with Gasteiger partial charge in [0.25, 0.3) is 10.1 Å². The van der Waals surface area contributed by atoms with E-state index in [1.165, 1.54) is 6.08 Å². The van der Waals surface area contributed by atoms with E-state index in [9.17, 15) is 8.42 Å². The SMILES string of the molecule is O=S(=O)(O)C(=Cc1ccccc1)C1CO1. The molecule has 0 amide bonds. The maximum Gasteiger partial charge on any atom is 0.293 e. The van der Waals surface area contributed by atoms with Crippen molar-refractivity contribution < 1.29 is 17.7 Å². The molecule has 0 saturated carbocycles. The van der Waals surface area contributed by atoms with Gasteiger partial charge in [-0.15, -0.1) is 0 Å². The van der Waals surface area contributed by atoms with Gasteiger partial charge >= 0.3 is 0 Å². The average Bonchev–Trinajstić information content (AvgIpc) is 2.97. The Morgan fingerprint density at radius 2 is 2.00 bits per heavy atom. The van der Waals surface area contributed by atoms with Gasteiger partial charge in [-0.1, -0.05) is 30.3 Å². The molecule has 0 bridgehead atoms. The van der Waals surface area contributed by atoms with Gasteiger partial charge in [-0.05, 0) is 11.6 Å². The van der Waals surface area contributed by atoms with Crippen molar-refractivity contribution >= 4 is 16.2 Å². The van der Waals surface area contributed by atoms with E-state index >= 15 is 0 Å². The van der Waals surface area contributed by atoms with Crippen LogP contribution in [0.15, 0.2) is 35.2 Å². The first-order valence-electron chi connectivity index (χ1n) is 4.43. The summed E-state index contributed by atoms with van der Waals surface area (Å²) in [6, 6.07) is 8.93. The third kappa shape index (κ3) is 2.65. The second-order valence-electron chi connectivity index (χ2n) is 3.25. The molecule has 1 heterocycles. The lowest BCUT2D eigenvalue weighted by atomic mass is 10.2. The molecule has 1 atom stereocenters. The van der Waals surface area contributed by atoms with E-state index in [1.807, 2.05) is 6.07 Å². The fraction of sp³-hybridized carbons (Fsp3) is 0.200. The molecule has 5 heteroatoms. The Balaban J connectivity index is 2.37. The van der Waals surface area contributed by atoms with Gasteiger partial charge in [-0.25, -0.2) is 0 Å². The normalized spacial score (nSPS) is 21.4. The Morgan fingerprint density at radius 3 is 2.47 bits per heavy atom. The Bertz CT molecular complexity index is 471. The number of hydrogen-bond acceptors (Lipinski definition) is 3. The van der Waals surface area contributed by atoms with Gasteiger partial charge in [0.1, 0.15) is 11.0 Å². The zero-order valence-corrected chi connectivity index (χ0v) is 8.65. The number of ether oxygens (including phenoxy) is 1. The number of benzene rings is 1. The Kier molecular flexibility index (Phi) is 2.60. The minimum absolute atomic E-state index is 0.0753. The van der Waals surface area contributed by atoms with Crippen LogP contribution in [0.4, 0.5) is 0 Å². The van der Waals surface area contributed by atoms with Crippen molar-refractivity contribution in [2.75, 3.05) is 6.61 Å². The summed E-state index contributed by atoms with van der Waals surface area (Å²) in [6.45, 7) is 0.346. The second-order valence-corrected chi connectivity index (χ2v) is 4.68. The molecule has 1 aliphatic rings. The van der Waals surface area contributed by atoms with Gasteiger partial charge in [0.2, 0.25) is 0 Å². The van der Waals surface area contributed by atoms with E-state index in [1.54, 1.807) is 24.3 Å². The molecule has 1 unspecified atom stereocenters. The largest absolute Gasteiger partial charge is 0.367 e. The highest BCUT2D eigenvalue weighted by Gasteiger charge is 2.34. The van der Waals surface area contributed by atoms with Crippen LogP contribution in [0, 0.1) is 0 Å². The smallest absolute Gasteiger partial charge is 0.293 e. The van der Waals surface area contributed by atoms with Crippen molar-refractivity contribution in [3.63, 3.8) is 0 Å². The Morgan fingerprint density at radius 1 is 1.40 bits per heavy atom. The molecule has 0 aliphatic carbocycles. The van der Waals surface area contributed by atoms with E-state index in [0.29, 0.717) is 6.61 Å². The van der Waals surface area contributed by atoms with Crippen LogP contribution in [0.5, 0.6) is 0 Å². The lowest BCUT2D eigenvalue weighted by molar-refractivity contribution is 0.429. The summed E-state index contributed by atoms with van der Waals surface area (Å²) >= 11 is 0. The molecular formula is C10H10O4S. The monoisotopic (exact) mass is 226 g/mol. The topological polar surface area (TPSA) is 66.9 Å². The zero-order valence-electron chi connectivity index (χ0n) is 7.83. The maximum atomic E-state index is 11.0. The minimum Gasteiger partial charge on any atom is -0.367 e. The van der Waals surface area contributed by atoms with Crippen molar-refractivity contribution in [1.82, 2.24) is 0 Å². The van der Waals surface area contributed by atoms with Crippen LogP contribution in [-0.2, 0) is 14.9 Å². The molecule has 15 heavy (non-hydrogen) atoms. The van der Waals surface area contributed by atoms with Gasteiger partial charge in [0.15, 0.2) is 0 Å². The Labute approximate surface area is 87.9 Å². The molecule has 4 nitrogen and oxygen atoms in total. The van der Waals surface area contributed by atoms with Crippen LogP contribution in [-0.4, -0.2) is 25.7 Å². The van der Waals surface area contributed by atoms with E-state index in [2.05, 4.69) is 0 Å². The summed E-state index contributed by atoms with van der Waals surface area (Å²) in [5.74, 6) is 0. The average molecular weight is 226 g/mol. The first-order valence-corrected chi connectivity index (χ1v) is 5.87. The molecule has 0 aromatic heterocycles. The van der Waals surface area contributed by atoms with Crippen molar-refractivity contribution in [2.24, 2.45) is 0 Å². The summed E-state index contributed by atoms with van der Waals surface area (Å²) in [4.78, 5) is -0.0753. The van der Waals surface area contributed by atoms with Crippen LogP contribution in [0.1, 0.15) is 5.56 Å². The molecule has 0 radical (unpaired) electrons. The van der Waals surface area contributed by atoms with Crippen molar-refractivity contribution in [2.45, 2.75) is 6.10 Å². The van der Waals surface area contributed by atoms with Gasteiger partial charge in [-0.3, -0.25) is 4.55 Å². The van der Waals surface area contributed by atoms with Crippen LogP contribution >= 0.6 is 0 Å². The highest BCUT2D eigenvalue weighted by atomic mass is 32.2. The molecule has 1 saturated heterocycles. The van der Waals surface area contributed by atoms with E-state index in [0.717, 1.165) is 5.56 Å². The van der Waals surface area contributed by atoms with Gasteiger partial charge in [-0.2, -0.15) is 8.42 Å². The zero-order chi connectivity index (χ0) is 10.9. The summed E-state index contributed by atoms with van der Waals surface area (Å²) in [6.07, 6.45) is 0.938. The summed E-state index contributed by atoms with van der Waals surface area (Å²) in [5, 5.41) is 0. The van der Waals surface area contributed by atoms with Crippen molar-refractivity contribution in [1.29, 1.82) is 0 Å². The van der Waals surface area contributed by atoms with Crippen LogP contribution < -0.4 is 0 Å². The standard InChI is InChI=1S/C10H10O4S/c11-15(12,13)10(9-7-14-9)6-8-4-2-1-3-5-8/h1-6,9H,7H2,(H,11,12,13). The molecule has 1 aromatic carbocycles. The lowest BCUT2D eigenvalue weighted by Crippen LogP contribution is -2.07. The van der Waals surface area contributed by atoms with Crippen molar-refractivity contribution in [3.8, 4) is 0 Å². The first-order chi connectivity index (χ1) is 7.07. The van der Waals surface area contributed by atoms with Gasteiger partial charge < -0.3 is 4.74 Å². The second kappa shape index (κ2) is 3.77. The molecule has 1 aromatic rings. The number of hydrogen-bond donors (Lipinski definition) is 1.